The van der Waals surface area contributed by atoms with E-state index in [0.29, 0.717) is 42.1 Å². The third kappa shape index (κ3) is 8.39. The van der Waals surface area contributed by atoms with Gasteiger partial charge < -0.3 is 20.7 Å². The Hall–Kier alpha value is -2.86. The van der Waals surface area contributed by atoms with Gasteiger partial charge in [-0.3, -0.25) is 9.59 Å². The summed E-state index contributed by atoms with van der Waals surface area (Å²) >= 11 is 0. The average Bonchev–Trinajstić information content (AvgIpc) is 3.61. The molecule has 0 aliphatic heterocycles. The van der Waals surface area contributed by atoms with Gasteiger partial charge in [-0.2, -0.15) is 0 Å². The molecule has 0 saturated heterocycles. The number of benzene rings is 2. The smallest absolute Gasteiger partial charge is 0.251 e. The van der Waals surface area contributed by atoms with Crippen LogP contribution < -0.4 is 20.7 Å². The van der Waals surface area contributed by atoms with Gasteiger partial charge in [-0.15, -0.1) is 0 Å². The van der Waals surface area contributed by atoms with Crippen LogP contribution in [-0.2, 0) is 0 Å². The quantitative estimate of drug-likeness (QED) is 0.392. The molecule has 1 aliphatic rings. The highest BCUT2D eigenvalue weighted by atomic mass is 16.5. The third-order valence-corrected chi connectivity index (χ3v) is 5.86. The van der Waals surface area contributed by atoms with Gasteiger partial charge >= 0.3 is 0 Å². The van der Waals surface area contributed by atoms with E-state index >= 15 is 0 Å². The molecular formula is C29H41N3O3. The van der Waals surface area contributed by atoms with E-state index in [0.717, 1.165) is 42.5 Å². The van der Waals surface area contributed by atoms with Gasteiger partial charge in [0.2, 0.25) is 0 Å². The summed E-state index contributed by atoms with van der Waals surface area (Å²) in [5.74, 6) is 0.488. The molecule has 0 spiro atoms. The summed E-state index contributed by atoms with van der Waals surface area (Å²) in [5.41, 5.74) is 4.06. The zero-order valence-corrected chi connectivity index (χ0v) is 22.1. The van der Waals surface area contributed by atoms with Gasteiger partial charge in [0.15, 0.2) is 0 Å². The molecule has 1 saturated carbocycles. The van der Waals surface area contributed by atoms with E-state index in [1.54, 1.807) is 0 Å². The fourth-order valence-electron chi connectivity index (χ4n) is 3.65. The fourth-order valence-corrected chi connectivity index (χ4v) is 3.65. The molecule has 0 unspecified atom stereocenters. The number of aryl methyl sites for hydroxylation is 1. The Bertz CT molecular complexity index is 1040. The first-order valence-corrected chi connectivity index (χ1v) is 12.7. The summed E-state index contributed by atoms with van der Waals surface area (Å²) in [6, 6.07) is 12.1. The minimum Gasteiger partial charge on any atom is -0.493 e. The van der Waals surface area contributed by atoms with Crippen LogP contribution in [0.4, 0.5) is 0 Å². The molecule has 0 heterocycles. The van der Waals surface area contributed by atoms with Gasteiger partial charge in [-0.25, -0.2) is 0 Å². The summed E-state index contributed by atoms with van der Waals surface area (Å²) in [4.78, 5) is 25.5. The standard InChI is InChI=1S/C29H41N3O3/c1-19(2)30-14-7-15-35-26-17-22(27(33)31-18-29(4,5)6)10-13-24(26)25-16-21(9-8-20(25)3)28(34)32-23-11-12-23/h8-10,13,16-17,19,23,30H,7,11-12,14-15,18H2,1-6H3,(H,31,33)(H,32,34). The molecule has 0 atom stereocenters. The van der Waals surface area contributed by atoms with Crippen LogP contribution in [0.25, 0.3) is 11.1 Å². The van der Waals surface area contributed by atoms with Crippen molar-refractivity contribution in [2.45, 2.75) is 72.9 Å². The summed E-state index contributed by atoms with van der Waals surface area (Å²) < 4.78 is 6.22. The Kier molecular flexibility index (Phi) is 8.95. The number of nitrogens with one attached hydrogen (secondary N) is 3. The highest BCUT2D eigenvalue weighted by Crippen LogP contribution is 2.34. The molecule has 0 aromatic heterocycles. The predicted octanol–water partition coefficient (Wildman–Crippen LogP) is 5.10. The van der Waals surface area contributed by atoms with E-state index in [2.05, 4.69) is 50.6 Å². The minimum absolute atomic E-state index is 0.00304. The Labute approximate surface area is 210 Å². The van der Waals surface area contributed by atoms with Crippen LogP contribution >= 0.6 is 0 Å². The molecule has 2 aromatic carbocycles. The van der Waals surface area contributed by atoms with Crippen molar-refractivity contribution in [3.63, 3.8) is 0 Å². The van der Waals surface area contributed by atoms with Crippen LogP contribution in [0.1, 0.15) is 80.2 Å². The second-order valence-electron chi connectivity index (χ2n) is 11.0. The fraction of sp³-hybridized carbons (Fsp3) is 0.517. The van der Waals surface area contributed by atoms with Crippen molar-refractivity contribution in [3.8, 4) is 16.9 Å². The maximum absolute atomic E-state index is 12.8. The summed E-state index contributed by atoms with van der Waals surface area (Å²) in [6.07, 6.45) is 2.95. The van der Waals surface area contributed by atoms with Crippen molar-refractivity contribution in [2.24, 2.45) is 5.41 Å². The summed E-state index contributed by atoms with van der Waals surface area (Å²) in [7, 11) is 0. The van der Waals surface area contributed by atoms with Crippen molar-refractivity contribution in [2.75, 3.05) is 19.7 Å². The molecular weight excluding hydrogens is 438 g/mol. The van der Waals surface area contributed by atoms with Crippen LogP contribution in [0, 0.1) is 12.3 Å². The second-order valence-corrected chi connectivity index (χ2v) is 11.0. The second kappa shape index (κ2) is 11.7. The molecule has 1 fully saturated rings. The molecule has 3 N–H and O–H groups in total. The maximum Gasteiger partial charge on any atom is 0.251 e. The SMILES string of the molecule is Cc1ccc(C(=O)NC2CC2)cc1-c1ccc(C(=O)NCC(C)(C)C)cc1OCCCNC(C)C. The number of amides is 2. The number of ether oxygens (including phenoxy) is 1. The first-order valence-electron chi connectivity index (χ1n) is 12.7. The first kappa shape index (κ1) is 26.7. The largest absolute Gasteiger partial charge is 0.493 e. The van der Waals surface area contributed by atoms with Crippen molar-refractivity contribution in [1.29, 1.82) is 0 Å². The lowest BCUT2D eigenvalue weighted by atomic mass is 9.95. The van der Waals surface area contributed by atoms with Gasteiger partial charge in [0, 0.05) is 35.3 Å². The van der Waals surface area contributed by atoms with E-state index in [-0.39, 0.29) is 17.2 Å². The Morgan fingerprint density at radius 3 is 2.34 bits per heavy atom. The molecule has 35 heavy (non-hydrogen) atoms. The maximum atomic E-state index is 12.8. The average molecular weight is 480 g/mol. The van der Waals surface area contributed by atoms with Gasteiger partial charge in [0.25, 0.3) is 11.8 Å². The Morgan fingerprint density at radius 2 is 1.69 bits per heavy atom. The first-order chi connectivity index (χ1) is 16.5. The van der Waals surface area contributed by atoms with Crippen LogP contribution in [0.3, 0.4) is 0 Å². The molecule has 0 radical (unpaired) electrons. The monoisotopic (exact) mass is 479 g/mol. The minimum atomic E-state index is -0.118. The van der Waals surface area contributed by atoms with Crippen LogP contribution in [-0.4, -0.2) is 43.6 Å². The van der Waals surface area contributed by atoms with Crippen molar-refractivity contribution < 1.29 is 14.3 Å². The summed E-state index contributed by atoms with van der Waals surface area (Å²) in [6.45, 7) is 14.5. The van der Waals surface area contributed by atoms with Crippen molar-refractivity contribution >= 4 is 11.8 Å². The molecule has 2 amide bonds. The van der Waals surface area contributed by atoms with Crippen LogP contribution in [0.15, 0.2) is 36.4 Å². The normalized spacial score (nSPS) is 13.6. The Balaban J connectivity index is 1.87. The van der Waals surface area contributed by atoms with Crippen LogP contribution in [0.2, 0.25) is 0 Å². The molecule has 190 valence electrons. The van der Waals surface area contributed by atoms with Gasteiger partial charge in [0.1, 0.15) is 5.75 Å². The number of rotatable bonds is 11. The molecule has 6 heteroatoms. The zero-order chi connectivity index (χ0) is 25.6. The lowest BCUT2D eigenvalue weighted by molar-refractivity contribution is 0.0935. The zero-order valence-electron chi connectivity index (χ0n) is 22.1. The lowest BCUT2D eigenvalue weighted by Gasteiger charge is -2.19. The predicted molar refractivity (Wildman–Crippen MR) is 142 cm³/mol. The highest BCUT2D eigenvalue weighted by molar-refractivity contribution is 5.97. The molecule has 2 aromatic rings. The third-order valence-electron chi connectivity index (χ3n) is 5.86. The van der Waals surface area contributed by atoms with Gasteiger partial charge in [0.05, 0.1) is 6.61 Å². The van der Waals surface area contributed by atoms with Gasteiger partial charge in [-0.05, 0) is 79.6 Å². The van der Waals surface area contributed by atoms with E-state index in [9.17, 15) is 9.59 Å². The number of hydrogen-bond donors (Lipinski definition) is 3. The van der Waals surface area contributed by atoms with Crippen LogP contribution in [0.5, 0.6) is 5.75 Å². The highest BCUT2D eigenvalue weighted by Gasteiger charge is 2.24. The van der Waals surface area contributed by atoms with E-state index in [4.69, 9.17) is 4.74 Å². The number of hydrogen-bond acceptors (Lipinski definition) is 4. The van der Waals surface area contributed by atoms with E-state index in [1.165, 1.54) is 0 Å². The van der Waals surface area contributed by atoms with E-state index in [1.807, 2.05) is 43.3 Å². The lowest BCUT2D eigenvalue weighted by Crippen LogP contribution is -2.32. The molecule has 3 rings (SSSR count). The number of carbonyl (C=O) groups is 2. The summed E-state index contributed by atoms with van der Waals surface area (Å²) in [5, 5.41) is 9.48. The number of carbonyl (C=O) groups excluding carboxylic acids is 2. The molecule has 6 nitrogen and oxygen atoms in total. The molecule has 1 aliphatic carbocycles. The van der Waals surface area contributed by atoms with Crippen molar-refractivity contribution in [3.05, 3.63) is 53.1 Å². The van der Waals surface area contributed by atoms with E-state index < -0.39 is 0 Å². The van der Waals surface area contributed by atoms with Crippen molar-refractivity contribution in [1.82, 2.24) is 16.0 Å². The Morgan fingerprint density at radius 1 is 1.00 bits per heavy atom. The van der Waals surface area contributed by atoms with Gasteiger partial charge in [-0.1, -0.05) is 40.7 Å². The molecule has 0 bridgehead atoms. The topological polar surface area (TPSA) is 79.5 Å².